The molecule has 8 atom stereocenters. The first-order valence-corrected chi connectivity index (χ1v) is 9.30. The van der Waals surface area contributed by atoms with E-state index in [1.807, 2.05) is 0 Å². The Morgan fingerprint density at radius 1 is 0.952 bits per heavy atom. The first kappa shape index (κ1) is 14.5. The van der Waals surface area contributed by atoms with Gasteiger partial charge in [0.05, 0.1) is 12.2 Å². The summed E-state index contributed by atoms with van der Waals surface area (Å²) in [6.45, 7) is 4.89. The molecule has 0 aliphatic heterocycles. The quantitative estimate of drug-likeness (QED) is 0.714. The number of hydrogen-bond acceptors (Lipinski definition) is 2. The Morgan fingerprint density at radius 3 is 2.57 bits per heavy atom. The summed E-state index contributed by atoms with van der Waals surface area (Å²) in [4.78, 5) is 0. The molecule has 0 aromatic heterocycles. The number of aliphatic hydroxyl groups is 2. The second-order valence-corrected chi connectivity index (χ2v) is 9.32. The maximum atomic E-state index is 11.0. The predicted molar refractivity (Wildman–Crippen MR) is 83.7 cm³/mol. The first-order chi connectivity index (χ1) is 9.94. The van der Waals surface area contributed by atoms with E-state index in [1.54, 1.807) is 0 Å². The second-order valence-electron chi connectivity index (χ2n) is 9.32. The maximum Gasteiger partial charge on any atom is 0.0581 e. The molecule has 4 fully saturated rings. The van der Waals surface area contributed by atoms with Crippen molar-refractivity contribution in [2.45, 2.75) is 83.8 Å². The minimum absolute atomic E-state index is 0.0860. The third-order valence-electron chi connectivity index (χ3n) is 8.34. The maximum absolute atomic E-state index is 11.0. The number of rotatable bonds is 0. The molecule has 2 heteroatoms. The summed E-state index contributed by atoms with van der Waals surface area (Å²) in [7, 11) is 0. The van der Waals surface area contributed by atoms with Crippen LogP contribution < -0.4 is 0 Å². The summed E-state index contributed by atoms with van der Waals surface area (Å²) in [5.41, 5.74) is 0.698. The highest BCUT2D eigenvalue weighted by atomic mass is 16.3. The SMILES string of the molecule is C[C@@]12CCC[C@H]1[C@@H]1CC[C@H]3C[C@H](O)CC[C@]3(C)C1[C@@H](O)C2. The van der Waals surface area contributed by atoms with Crippen LogP contribution in [0.2, 0.25) is 0 Å². The molecule has 1 unspecified atom stereocenters. The molecule has 0 bridgehead atoms. The van der Waals surface area contributed by atoms with Crippen molar-refractivity contribution in [2.24, 2.45) is 34.5 Å². The van der Waals surface area contributed by atoms with Gasteiger partial charge >= 0.3 is 0 Å². The third kappa shape index (κ3) is 1.97. The van der Waals surface area contributed by atoms with E-state index < -0.39 is 0 Å². The van der Waals surface area contributed by atoms with Crippen molar-refractivity contribution < 1.29 is 10.2 Å². The van der Waals surface area contributed by atoms with Gasteiger partial charge in [0.15, 0.2) is 0 Å². The normalized spacial score (nSPS) is 60.0. The van der Waals surface area contributed by atoms with Gasteiger partial charge in [-0.05, 0) is 85.9 Å². The molecule has 0 heterocycles. The molecular weight excluding hydrogens is 260 g/mol. The van der Waals surface area contributed by atoms with E-state index in [0.29, 0.717) is 17.3 Å². The highest BCUT2D eigenvalue weighted by Gasteiger charge is 2.60. The van der Waals surface area contributed by atoms with Crippen molar-refractivity contribution in [1.29, 1.82) is 0 Å². The van der Waals surface area contributed by atoms with Gasteiger partial charge in [-0.25, -0.2) is 0 Å². The van der Waals surface area contributed by atoms with Crippen LogP contribution in [-0.4, -0.2) is 22.4 Å². The largest absolute Gasteiger partial charge is 0.393 e. The Kier molecular flexibility index (Phi) is 3.25. The van der Waals surface area contributed by atoms with Crippen LogP contribution in [0.25, 0.3) is 0 Å². The van der Waals surface area contributed by atoms with Crippen molar-refractivity contribution in [3.8, 4) is 0 Å². The van der Waals surface area contributed by atoms with Crippen LogP contribution >= 0.6 is 0 Å². The van der Waals surface area contributed by atoms with Gasteiger partial charge in [-0.15, -0.1) is 0 Å². The zero-order valence-electron chi connectivity index (χ0n) is 13.7. The van der Waals surface area contributed by atoms with Gasteiger partial charge in [0.25, 0.3) is 0 Å². The molecule has 0 spiro atoms. The summed E-state index contributed by atoms with van der Waals surface area (Å²) in [5.74, 6) is 2.75. The Hall–Kier alpha value is -0.0800. The van der Waals surface area contributed by atoms with Gasteiger partial charge in [-0.1, -0.05) is 20.3 Å². The molecule has 4 aliphatic rings. The summed E-state index contributed by atoms with van der Waals surface area (Å²) in [5, 5.41) is 21.1. The molecule has 2 N–H and O–H groups in total. The average Bonchev–Trinajstić information content (AvgIpc) is 2.80. The van der Waals surface area contributed by atoms with Crippen LogP contribution in [0.1, 0.15) is 71.6 Å². The Bertz CT molecular complexity index is 422. The lowest BCUT2D eigenvalue weighted by atomic mass is 9.44. The lowest BCUT2D eigenvalue weighted by molar-refractivity contribution is -0.171. The van der Waals surface area contributed by atoms with E-state index in [4.69, 9.17) is 0 Å². The van der Waals surface area contributed by atoms with Gasteiger partial charge in [0.2, 0.25) is 0 Å². The van der Waals surface area contributed by atoms with E-state index in [2.05, 4.69) is 13.8 Å². The zero-order chi connectivity index (χ0) is 14.8. The van der Waals surface area contributed by atoms with Crippen molar-refractivity contribution in [2.75, 3.05) is 0 Å². The molecule has 4 saturated carbocycles. The minimum Gasteiger partial charge on any atom is -0.393 e. The highest BCUT2D eigenvalue weighted by Crippen LogP contribution is 2.66. The van der Waals surface area contributed by atoms with Crippen LogP contribution in [0.3, 0.4) is 0 Å². The molecule has 0 saturated heterocycles. The number of hydrogen-bond donors (Lipinski definition) is 2. The van der Waals surface area contributed by atoms with Crippen LogP contribution in [0.15, 0.2) is 0 Å². The van der Waals surface area contributed by atoms with E-state index in [1.165, 1.54) is 32.1 Å². The van der Waals surface area contributed by atoms with Gasteiger partial charge < -0.3 is 10.2 Å². The monoisotopic (exact) mass is 292 g/mol. The highest BCUT2D eigenvalue weighted by molar-refractivity contribution is 5.10. The summed E-state index contributed by atoms with van der Waals surface area (Å²) in [6, 6.07) is 0. The molecule has 120 valence electrons. The average molecular weight is 292 g/mol. The fourth-order valence-corrected chi connectivity index (χ4v) is 7.37. The predicted octanol–water partition coefficient (Wildman–Crippen LogP) is 3.75. The number of fused-ring (bicyclic) bond motifs is 5. The lowest BCUT2D eigenvalue weighted by Crippen LogP contribution is -2.58. The van der Waals surface area contributed by atoms with Crippen LogP contribution in [0.4, 0.5) is 0 Å². The molecule has 0 amide bonds. The summed E-state index contributed by atoms with van der Waals surface area (Å²) >= 11 is 0. The minimum atomic E-state index is -0.0996. The third-order valence-corrected chi connectivity index (χ3v) is 8.34. The van der Waals surface area contributed by atoms with E-state index in [0.717, 1.165) is 37.5 Å². The van der Waals surface area contributed by atoms with Crippen molar-refractivity contribution in [3.05, 3.63) is 0 Å². The zero-order valence-corrected chi connectivity index (χ0v) is 13.7. The van der Waals surface area contributed by atoms with E-state index in [9.17, 15) is 10.2 Å². The van der Waals surface area contributed by atoms with Gasteiger partial charge in [0, 0.05) is 0 Å². The van der Waals surface area contributed by atoms with Crippen LogP contribution in [0.5, 0.6) is 0 Å². The van der Waals surface area contributed by atoms with Crippen molar-refractivity contribution >= 4 is 0 Å². The fourth-order valence-electron chi connectivity index (χ4n) is 7.37. The Balaban J connectivity index is 1.67. The molecule has 0 aromatic carbocycles. The molecule has 4 rings (SSSR count). The Labute approximate surface area is 129 Å². The molecule has 2 nitrogen and oxygen atoms in total. The molecule has 21 heavy (non-hydrogen) atoms. The topological polar surface area (TPSA) is 40.5 Å². The van der Waals surface area contributed by atoms with Crippen LogP contribution in [0, 0.1) is 34.5 Å². The lowest BCUT2D eigenvalue weighted by Gasteiger charge is -2.61. The second kappa shape index (κ2) is 4.71. The van der Waals surface area contributed by atoms with Crippen molar-refractivity contribution in [3.63, 3.8) is 0 Å². The van der Waals surface area contributed by atoms with Crippen molar-refractivity contribution in [1.82, 2.24) is 0 Å². The summed E-state index contributed by atoms with van der Waals surface area (Å²) in [6.07, 6.45) is 10.6. The van der Waals surface area contributed by atoms with E-state index in [-0.39, 0.29) is 17.6 Å². The molecular formula is C19H32O2. The Morgan fingerprint density at radius 2 is 1.76 bits per heavy atom. The fraction of sp³-hybridized carbons (Fsp3) is 1.00. The number of aliphatic hydroxyl groups excluding tert-OH is 2. The molecule has 0 aromatic rings. The molecule has 4 aliphatic carbocycles. The molecule has 0 radical (unpaired) electrons. The smallest absolute Gasteiger partial charge is 0.0581 e. The first-order valence-electron chi connectivity index (χ1n) is 9.30. The van der Waals surface area contributed by atoms with Gasteiger partial charge in [0.1, 0.15) is 0 Å². The summed E-state index contributed by atoms with van der Waals surface area (Å²) < 4.78 is 0. The van der Waals surface area contributed by atoms with Gasteiger partial charge in [-0.3, -0.25) is 0 Å². The standard InChI is InChI=1S/C19H32O2/c1-18-8-3-4-15(18)14-6-5-12-10-13(20)7-9-19(12,2)17(14)16(21)11-18/h12-17,20-21H,3-11H2,1-2H3/t12-,13+,14-,15-,16-,17?,18-,19-/m0/s1. The van der Waals surface area contributed by atoms with Gasteiger partial charge in [-0.2, -0.15) is 0 Å². The van der Waals surface area contributed by atoms with Crippen LogP contribution in [-0.2, 0) is 0 Å². The van der Waals surface area contributed by atoms with E-state index >= 15 is 0 Å².